The van der Waals surface area contributed by atoms with E-state index in [2.05, 4.69) is 46.7 Å². The predicted octanol–water partition coefficient (Wildman–Crippen LogP) is 0.383. The van der Waals surface area contributed by atoms with Gasteiger partial charge >= 0.3 is 0 Å². The summed E-state index contributed by atoms with van der Waals surface area (Å²) >= 11 is 0. The van der Waals surface area contributed by atoms with Gasteiger partial charge in [0.2, 0.25) is 11.8 Å². The highest BCUT2D eigenvalue weighted by atomic mass is 16.4. The molecule has 0 radical (unpaired) electrons. The molecule has 1 aromatic rings. The van der Waals surface area contributed by atoms with Crippen LogP contribution < -0.4 is 16.0 Å². The number of aromatic nitrogens is 1. The molecule has 7 nitrogen and oxygen atoms in total. The lowest BCUT2D eigenvalue weighted by molar-refractivity contribution is -0.119. The minimum Gasteiger partial charge on any atom is -0.443 e. The summed E-state index contributed by atoms with van der Waals surface area (Å²) in [4.78, 5) is 19.4. The van der Waals surface area contributed by atoms with E-state index >= 15 is 0 Å². The summed E-state index contributed by atoms with van der Waals surface area (Å²) < 4.78 is 5.65. The van der Waals surface area contributed by atoms with E-state index in [1.165, 1.54) is 0 Å². The van der Waals surface area contributed by atoms with E-state index in [1.54, 1.807) is 20.3 Å². The lowest BCUT2D eigenvalue weighted by atomic mass is 9.94. The van der Waals surface area contributed by atoms with Crippen molar-refractivity contribution in [3.8, 4) is 0 Å². The third-order valence-electron chi connectivity index (χ3n) is 2.62. The van der Waals surface area contributed by atoms with Crippen molar-refractivity contribution in [2.24, 2.45) is 4.99 Å². The van der Waals surface area contributed by atoms with Crippen molar-refractivity contribution in [3.05, 3.63) is 17.8 Å². The SMILES string of the molecule is CN=C(NCC(=O)NC)NCc1ncc(C(C)(C)C)o1. The number of carbonyl (C=O) groups is 1. The van der Waals surface area contributed by atoms with Crippen LogP contribution in [0.5, 0.6) is 0 Å². The molecule has 0 fully saturated rings. The average molecular weight is 281 g/mol. The molecule has 0 aliphatic rings. The van der Waals surface area contributed by atoms with Gasteiger partial charge < -0.3 is 20.4 Å². The van der Waals surface area contributed by atoms with Gasteiger partial charge in [0.1, 0.15) is 5.76 Å². The van der Waals surface area contributed by atoms with E-state index in [4.69, 9.17) is 4.42 Å². The Morgan fingerprint density at radius 1 is 1.40 bits per heavy atom. The summed E-state index contributed by atoms with van der Waals surface area (Å²) in [7, 11) is 3.22. The van der Waals surface area contributed by atoms with Gasteiger partial charge in [-0.1, -0.05) is 20.8 Å². The van der Waals surface area contributed by atoms with Gasteiger partial charge in [0.25, 0.3) is 0 Å². The fourth-order valence-electron chi connectivity index (χ4n) is 1.37. The summed E-state index contributed by atoms with van der Waals surface area (Å²) in [5.41, 5.74) is -0.0651. The largest absolute Gasteiger partial charge is 0.443 e. The van der Waals surface area contributed by atoms with Gasteiger partial charge in [0.15, 0.2) is 5.96 Å². The van der Waals surface area contributed by atoms with Crippen molar-refractivity contribution in [1.82, 2.24) is 20.9 Å². The molecule has 0 unspecified atom stereocenters. The minimum absolute atomic E-state index is 0.0651. The maximum Gasteiger partial charge on any atom is 0.239 e. The Bertz CT molecular complexity index is 473. The van der Waals surface area contributed by atoms with E-state index in [9.17, 15) is 4.79 Å². The zero-order valence-corrected chi connectivity index (χ0v) is 12.7. The number of carbonyl (C=O) groups excluding carboxylic acids is 1. The Kier molecular flexibility index (Phi) is 5.54. The molecule has 3 N–H and O–H groups in total. The fraction of sp³-hybridized carbons (Fsp3) is 0.615. The van der Waals surface area contributed by atoms with Crippen molar-refractivity contribution < 1.29 is 9.21 Å². The highest BCUT2D eigenvalue weighted by molar-refractivity contribution is 5.86. The molecule has 0 saturated carbocycles. The first-order valence-electron chi connectivity index (χ1n) is 6.47. The number of amides is 1. The quantitative estimate of drug-likeness (QED) is 0.548. The second-order valence-corrected chi connectivity index (χ2v) is 5.32. The molecule has 0 bridgehead atoms. The molecule has 7 heteroatoms. The summed E-state index contributed by atoms with van der Waals surface area (Å²) in [5.74, 6) is 1.82. The summed E-state index contributed by atoms with van der Waals surface area (Å²) in [6, 6.07) is 0. The van der Waals surface area contributed by atoms with E-state index < -0.39 is 0 Å². The highest BCUT2D eigenvalue weighted by Crippen LogP contribution is 2.22. The third kappa shape index (κ3) is 4.91. The topological polar surface area (TPSA) is 91.5 Å². The maximum atomic E-state index is 11.1. The second-order valence-electron chi connectivity index (χ2n) is 5.32. The van der Waals surface area contributed by atoms with Crippen molar-refractivity contribution in [1.29, 1.82) is 0 Å². The first-order valence-corrected chi connectivity index (χ1v) is 6.47. The van der Waals surface area contributed by atoms with E-state index in [0.717, 1.165) is 5.76 Å². The number of rotatable bonds is 4. The second kappa shape index (κ2) is 6.93. The maximum absolute atomic E-state index is 11.1. The summed E-state index contributed by atoms with van der Waals surface area (Å²) in [5, 5.41) is 8.44. The predicted molar refractivity (Wildman–Crippen MR) is 77.5 cm³/mol. The standard InChI is InChI=1S/C13H23N5O2/c1-13(2,3)9-6-16-11(20-9)8-18-12(15-5)17-7-10(19)14-4/h6H,7-8H2,1-5H3,(H,14,19)(H2,15,17,18). The van der Waals surface area contributed by atoms with Crippen LogP contribution in [0.3, 0.4) is 0 Å². The Balaban J connectivity index is 2.49. The molecule has 0 aromatic carbocycles. The number of nitrogens with one attached hydrogen (secondary N) is 3. The van der Waals surface area contributed by atoms with Gasteiger partial charge in [-0.3, -0.25) is 9.79 Å². The summed E-state index contributed by atoms with van der Waals surface area (Å²) in [6.45, 7) is 6.76. The Morgan fingerprint density at radius 3 is 2.60 bits per heavy atom. The van der Waals surface area contributed by atoms with Crippen LogP contribution in [0, 0.1) is 0 Å². The van der Waals surface area contributed by atoms with Crippen LogP contribution >= 0.6 is 0 Å². The van der Waals surface area contributed by atoms with Crippen LogP contribution in [0.25, 0.3) is 0 Å². The Hall–Kier alpha value is -2.05. The molecule has 1 amide bonds. The number of hydrogen-bond donors (Lipinski definition) is 3. The molecule has 0 aliphatic carbocycles. The van der Waals surface area contributed by atoms with Gasteiger partial charge in [0.05, 0.1) is 19.3 Å². The molecular weight excluding hydrogens is 258 g/mol. The van der Waals surface area contributed by atoms with Crippen LogP contribution in [0.4, 0.5) is 0 Å². The first-order chi connectivity index (χ1) is 9.36. The minimum atomic E-state index is -0.112. The molecular formula is C13H23N5O2. The van der Waals surface area contributed by atoms with Crippen LogP contribution in [-0.4, -0.2) is 37.5 Å². The third-order valence-corrected chi connectivity index (χ3v) is 2.62. The van der Waals surface area contributed by atoms with Gasteiger partial charge in [0, 0.05) is 19.5 Å². The van der Waals surface area contributed by atoms with Crippen LogP contribution in [0.1, 0.15) is 32.4 Å². The zero-order valence-electron chi connectivity index (χ0n) is 12.7. The number of hydrogen-bond acceptors (Lipinski definition) is 4. The van der Waals surface area contributed by atoms with Gasteiger partial charge in [-0.2, -0.15) is 0 Å². The smallest absolute Gasteiger partial charge is 0.239 e. The van der Waals surface area contributed by atoms with E-state index in [-0.39, 0.29) is 17.9 Å². The zero-order chi connectivity index (χ0) is 15.2. The molecule has 112 valence electrons. The molecule has 0 atom stereocenters. The van der Waals surface area contributed by atoms with Crippen LogP contribution in [-0.2, 0) is 16.8 Å². The number of likely N-dealkylation sites (N-methyl/N-ethyl adjacent to an activating group) is 1. The van der Waals surface area contributed by atoms with Crippen molar-refractivity contribution in [2.75, 3.05) is 20.6 Å². The monoisotopic (exact) mass is 281 g/mol. The van der Waals surface area contributed by atoms with Crippen LogP contribution in [0.2, 0.25) is 0 Å². The normalized spacial score (nSPS) is 12.2. The van der Waals surface area contributed by atoms with Crippen molar-refractivity contribution >= 4 is 11.9 Å². The van der Waals surface area contributed by atoms with Gasteiger partial charge in [-0.25, -0.2) is 4.98 Å². The molecule has 0 spiro atoms. The first kappa shape index (κ1) is 16.0. The Labute approximate surface area is 119 Å². The number of guanidine groups is 1. The number of oxazole rings is 1. The molecule has 1 rings (SSSR count). The average Bonchev–Trinajstić information content (AvgIpc) is 2.87. The number of nitrogens with zero attached hydrogens (tertiary/aromatic N) is 2. The Morgan fingerprint density at radius 2 is 2.10 bits per heavy atom. The molecule has 0 aliphatic heterocycles. The van der Waals surface area contributed by atoms with Crippen LogP contribution in [0.15, 0.2) is 15.6 Å². The van der Waals surface area contributed by atoms with E-state index in [1.807, 2.05) is 0 Å². The molecule has 1 heterocycles. The summed E-state index contributed by atoms with van der Waals surface area (Å²) in [6.07, 6.45) is 1.73. The molecule has 1 aromatic heterocycles. The number of aliphatic imine (C=N–C) groups is 1. The fourth-order valence-corrected chi connectivity index (χ4v) is 1.37. The molecule has 0 saturated heterocycles. The lowest BCUT2D eigenvalue weighted by Crippen LogP contribution is -2.42. The van der Waals surface area contributed by atoms with E-state index in [0.29, 0.717) is 18.4 Å². The highest BCUT2D eigenvalue weighted by Gasteiger charge is 2.19. The lowest BCUT2D eigenvalue weighted by Gasteiger charge is -2.13. The molecule has 20 heavy (non-hydrogen) atoms. The van der Waals surface area contributed by atoms with Gasteiger partial charge in [-0.05, 0) is 0 Å². The van der Waals surface area contributed by atoms with Crippen molar-refractivity contribution in [2.45, 2.75) is 32.7 Å². The van der Waals surface area contributed by atoms with Crippen molar-refractivity contribution in [3.63, 3.8) is 0 Å². The van der Waals surface area contributed by atoms with Gasteiger partial charge in [-0.15, -0.1) is 0 Å².